The van der Waals surface area contributed by atoms with Crippen molar-refractivity contribution in [3.63, 3.8) is 0 Å². The van der Waals surface area contributed by atoms with Gasteiger partial charge in [0.15, 0.2) is 0 Å². The zero-order valence-corrected chi connectivity index (χ0v) is 12.7. The molecule has 1 spiro atoms. The van der Waals surface area contributed by atoms with Crippen molar-refractivity contribution in [2.24, 2.45) is 46.3 Å². The summed E-state index contributed by atoms with van der Waals surface area (Å²) in [5, 5.41) is 0. The molecule has 6 unspecified atom stereocenters. The minimum absolute atomic E-state index is 0.690. The summed E-state index contributed by atoms with van der Waals surface area (Å²) >= 11 is 0. The molecule has 0 saturated heterocycles. The van der Waals surface area contributed by atoms with Crippen molar-refractivity contribution in [1.82, 2.24) is 0 Å². The van der Waals surface area contributed by atoms with Crippen LogP contribution in [-0.2, 0) is 0 Å². The summed E-state index contributed by atoms with van der Waals surface area (Å²) in [5.74, 6) is 6.27. The highest BCUT2D eigenvalue weighted by molar-refractivity contribution is 5.14. The molecule has 0 N–H and O–H groups in total. The van der Waals surface area contributed by atoms with E-state index in [0.29, 0.717) is 5.41 Å². The van der Waals surface area contributed by atoms with E-state index in [0.717, 1.165) is 40.9 Å². The molecule has 18 heavy (non-hydrogen) atoms. The van der Waals surface area contributed by atoms with E-state index in [-0.39, 0.29) is 0 Å². The Kier molecular flexibility index (Phi) is 2.20. The molecule has 5 aliphatic rings. The van der Waals surface area contributed by atoms with E-state index < -0.39 is 0 Å². The first-order valence-corrected chi connectivity index (χ1v) is 8.47. The SMILES string of the molecule is CC1CC(C)(C2CC3CCC4CC3(C4)C2C)C1C. The quantitative estimate of drug-likeness (QED) is 0.601. The Labute approximate surface area is 113 Å². The fourth-order valence-electron chi connectivity index (χ4n) is 7.16. The van der Waals surface area contributed by atoms with E-state index in [1.54, 1.807) is 32.1 Å². The molecule has 5 rings (SSSR count). The van der Waals surface area contributed by atoms with Crippen LogP contribution < -0.4 is 0 Å². The van der Waals surface area contributed by atoms with Crippen LogP contribution in [0.25, 0.3) is 0 Å². The van der Waals surface area contributed by atoms with Gasteiger partial charge in [-0.3, -0.25) is 0 Å². The molecular weight excluding hydrogens is 216 g/mol. The summed E-state index contributed by atoms with van der Waals surface area (Å²) in [6.07, 6.45) is 9.45. The van der Waals surface area contributed by atoms with Crippen molar-refractivity contribution in [1.29, 1.82) is 0 Å². The molecule has 0 heteroatoms. The lowest BCUT2D eigenvalue weighted by Gasteiger charge is -2.60. The van der Waals surface area contributed by atoms with Gasteiger partial charge >= 0.3 is 0 Å². The van der Waals surface area contributed by atoms with Gasteiger partial charge in [-0.1, -0.05) is 34.1 Å². The van der Waals surface area contributed by atoms with Crippen molar-refractivity contribution < 1.29 is 0 Å². The Hall–Kier alpha value is 0. The van der Waals surface area contributed by atoms with Crippen molar-refractivity contribution in [3.05, 3.63) is 0 Å². The van der Waals surface area contributed by atoms with Gasteiger partial charge in [0.1, 0.15) is 0 Å². The third-order valence-corrected chi connectivity index (χ3v) is 8.63. The number of hydrogen-bond donors (Lipinski definition) is 0. The van der Waals surface area contributed by atoms with E-state index in [2.05, 4.69) is 27.7 Å². The lowest BCUT2D eigenvalue weighted by Crippen LogP contribution is -2.52. The molecule has 0 aliphatic heterocycles. The van der Waals surface area contributed by atoms with Gasteiger partial charge in [0.25, 0.3) is 0 Å². The molecule has 102 valence electrons. The van der Waals surface area contributed by atoms with Crippen LogP contribution in [0.15, 0.2) is 0 Å². The van der Waals surface area contributed by atoms with Gasteiger partial charge in [0.2, 0.25) is 0 Å². The normalized spacial score (nSPS) is 66.0. The first kappa shape index (κ1) is 11.8. The fraction of sp³-hybridized carbons (Fsp3) is 1.00. The largest absolute Gasteiger partial charge is 0.0622 e. The standard InChI is InChI=1S/C18H30/c1-11-8-17(4,12(11)2)16-7-15-6-5-14-9-18(15,10-14)13(16)3/h11-16H,5-10H2,1-4H3. The molecule has 0 aromatic rings. The van der Waals surface area contributed by atoms with Crippen LogP contribution in [0.5, 0.6) is 0 Å². The van der Waals surface area contributed by atoms with E-state index in [1.165, 1.54) is 6.42 Å². The van der Waals surface area contributed by atoms with Crippen molar-refractivity contribution >= 4 is 0 Å². The number of hydrogen-bond acceptors (Lipinski definition) is 0. The number of fused-ring (bicyclic) bond motifs is 1. The molecule has 0 amide bonds. The summed E-state index contributed by atoms with van der Waals surface area (Å²) in [4.78, 5) is 0. The van der Waals surface area contributed by atoms with Crippen LogP contribution in [0.3, 0.4) is 0 Å². The first-order valence-electron chi connectivity index (χ1n) is 8.47. The Morgan fingerprint density at radius 2 is 1.61 bits per heavy atom. The Bertz CT molecular complexity index is 364. The molecule has 5 aliphatic carbocycles. The zero-order valence-electron chi connectivity index (χ0n) is 12.7. The van der Waals surface area contributed by atoms with Crippen LogP contribution in [0, 0.1) is 46.3 Å². The molecule has 0 aromatic carbocycles. The van der Waals surface area contributed by atoms with Crippen LogP contribution in [0.1, 0.15) is 66.2 Å². The van der Waals surface area contributed by atoms with E-state index >= 15 is 0 Å². The van der Waals surface area contributed by atoms with Crippen LogP contribution >= 0.6 is 0 Å². The molecule has 0 nitrogen and oxygen atoms in total. The topological polar surface area (TPSA) is 0 Å². The third kappa shape index (κ3) is 1.15. The summed E-state index contributed by atoms with van der Waals surface area (Å²) < 4.78 is 0. The number of rotatable bonds is 1. The lowest BCUT2D eigenvalue weighted by molar-refractivity contribution is -0.106. The third-order valence-electron chi connectivity index (χ3n) is 8.63. The Morgan fingerprint density at radius 3 is 2.17 bits per heavy atom. The molecular formula is C18H30. The van der Waals surface area contributed by atoms with Gasteiger partial charge in [-0.05, 0) is 78.4 Å². The molecule has 6 atom stereocenters. The second-order valence-electron chi connectivity index (χ2n) is 8.89. The maximum Gasteiger partial charge on any atom is -0.0235 e. The van der Waals surface area contributed by atoms with Crippen molar-refractivity contribution in [2.75, 3.05) is 0 Å². The highest BCUT2D eigenvalue weighted by atomic mass is 14.7. The monoisotopic (exact) mass is 246 g/mol. The molecule has 0 heterocycles. The Morgan fingerprint density at radius 1 is 0.889 bits per heavy atom. The first-order chi connectivity index (χ1) is 8.47. The van der Waals surface area contributed by atoms with Gasteiger partial charge in [-0.25, -0.2) is 0 Å². The molecule has 0 radical (unpaired) electrons. The van der Waals surface area contributed by atoms with Gasteiger partial charge < -0.3 is 0 Å². The average Bonchev–Trinajstić information content (AvgIpc) is 2.65. The van der Waals surface area contributed by atoms with Crippen molar-refractivity contribution in [2.45, 2.75) is 66.2 Å². The second-order valence-corrected chi connectivity index (χ2v) is 8.89. The van der Waals surface area contributed by atoms with Gasteiger partial charge in [0, 0.05) is 0 Å². The fourth-order valence-corrected chi connectivity index (χ4v) is 7.16. The van der Waals surface area contributed by atoms with E-state index in [4.69, 9.17) is 0 Å². The second kappa shape index (κ2) is 3.36. The maximum absolute atomic E-state index is 2.63. The predicted octanol–water partition coefficient (Wildman–Crippen LogP) is 5.13. The molecule has 2 bridgehead atoms. The summed E-state index contributed by atoms with van der Waals surface area (Å²) in [7, 11) is 0. The molecule has 5 saturated carbocycles. The smallest absolute Gasteiger partial charge is 0.0235 e. The van der Waals surface area contributed by atoms with Gasteiger partial charge in [-0.2, -0.15) is 0 Å². The van der Waals surface area contributed by atoms with Crippen molar-refractivity contribution in [3.8, 4) is 0 Å². The van der Waals surface area contributed by atoms with Crippen LogP contribution in [-0.4, -0.2) is 0 Å². The van der Waals surface area contributed by atoms with Gasteiger partial charge in [-0.15, -0.1) is 0 Å². The summed E-state index contributed by atoms with van der Waals surface area (Å²) in [6.45, 7) is 10.3. The maximum atomic E-state index is 2.63. The van der Waals surface area contributed by atoms with E-state index in [1.807, 2.05) is 0 Å². The highest BCUT2D eigenvalue weighted by Crippen LogP contribution is 2.74. The molecule has 5 fully saturated rings. The summed E-state index contributed by atoms with van der Waals surface area (Å²) in [5.41, 5.74) is 1.52. The minimum Gasteiger partial charge on any atom is -0.0622 e. The average molecular weight is 246 g/mol. The van der Waals surface area contributed by atoms with Crippen LogP contribution in [0.4, 0.5) is 0 Å². The zero-order chi connectivity index (χ0) is 12.7. The minimum atomic E-state index is 0.690. The predicted molar refractivity (Wildman–Crippen MR) is 76.2 cm³/mol. The summed E-state index contributed by atoms with van der Waals surface area (Å²) in [6, 6.07) is 0. The van der Waals surface area contributed by atoms with E-state index in [9.17, 15) is 0 Å². The molecule has 0 aromatic heterocycles. The van der Waals surface area contributed by atoms with Crippen LogP contribution in [0.2, 0.25) is 0 Å². The Balaban J connectivity index is 1.61. The lowest BCUT2D eigenvalue weighted by atomic mass is 9.45. The van der Waals surface area contributed by atoms with Gasteiger partial charge in [0.05, 0.1) is 0 Å². The highest BCUT2D eigenvalue weighted by Gasteiger charge is 2.65.